The molecule has 0 spiro atoms. The SMILES string of the molecule is COc1ccccc1NC(=O)c1ccc(NC2=C(Cl)C(=O)N(c3ccc(F)cc3)C2=O)cc1. The van der Waals surface area contributed by atoms with Gasteiger partial charge >= 0.3 is 0 Å². The lowest BCUT2D eigenvalue weighted by molar-refractivity contribution is -0.120. The van der Waals surface area contributed by atoms with Crippen molar-refractivity contribution >= 4 is 46.4 Å². The first kappa shape index (κ1) is 22.0. The quantitative estimate of drug-likeness (QED) is 0.522. The zero-order chi connectivity index (χ0) is 23.5. The number of hydrogen-bond donors (Lipinski definition) is 2. The molecule has 3 aromatic rings. The lowest BCUT2D eigenvalue weighted by Gasteiger charge is -2.15. The summed E-state index contributed by atoms with van der Waals surface area (Å²) in [6, 6.07) is 18.2. The fraction of sp³-hybridized carbons (Fsp3) is 0.0417. The van der Waals surface area contributed by atoms with E-state index in [1.807, 2.05) is 0 Å². The molecule has 0 radical (unpaired) electrons. The standard InChI is InChI=1S/C24H17ClFN3O4/c1-33-19-5-3-2-4-18(19)28-22(30)14-6-10-16(11-7-14)27-21-20(25)23(31)29(24(21)32)17-12-8-15(26)9-13-17/h2-13,27H,1H3,(H,28,30). The van der Waals surface area contributed by atoms with Gasteiger partial charge in [0.1, 0.15) is 22.3 Å². The lowest BCUT2D eigenvalue weighted by atomic mass is 10.1. The summed E-state index contributed by atoms with van der Waals surface area (Å²) in [4.78, 5) is 38.7. The Hall–Kier alpha value is -4.17. The average molecular weight is 466 g/mol. The highest BCUT2D eigenvalue weighted by atomic mass is 35.5. The van der Waals surface area contributed by atoms with E-state index >= 15 is 0 Å². The molecule has 33 heavy (non-hydrogen) atoms. The van der Waals surface area contributed by atoms with E-state index in [-0.39, 0.29) is 22.3 Å². The van der Waals surface area contributed by atoms with Crippen molar-refractivity contribution in [2.75, 3.05) is 22.6 Å². The van der Waals surface area contributed by atoms with Gasteiger partial charge in [-0.1, -0.05) is 23.7 Å². The molecule has 0 unspecified atom stereocenters. The summed E-state index contributed by atoms with van der Waals surface area (Å²) in [6.45, 7) is 0. The van der Waals surface area contributed by atoms with E-state index in [1.165, 1.54) is 19.2 Å². The Morgan fingerprint density at radius 3 is 2.27 bits per heavy atom. The summed E-state index contributed by atoms with van der Waals surface area (Å²) >= 11 is 6.10. The molecule has 0 aliphatic carbocycles. The smallest absolute Gasteiger partial charge is 0.283 e. The van der Waals surface area contributed by atoms with Crippen LogP contribution >= 0.6 is 11.6 Å². The van der Waals surface area contributed by atoms with Gasteiger partial charge in [-0.05, 0) is 60.7 Å². The molecule has 0 saturated carbocycles. The number of ether oxygens (including phenoxy) is 1. The molecule has 1 aliphatic heterocycles. The van der Waals surface area contributed by atoms with Crippen molar-refractivity contribution in [1.82, 2.24) is 0 Å². The van der Waals surface area contributed by atoms with Crippen LogP contribution < -0.4 is 20.3 Å². The minimum Gasteiger partial charge on any atom is -0.495 e. The van der Waals surface area contributed by atoms with Crippen molar-refractivity contribution in [3.8, 4) is 5.75 Å². The number of amides is 3. The second-order valence-electron chi connectivity index (χ2n) is 6.97. The Bertz CT molecular complexity index is 1270. The number of halogens is 2. The van der Waals surface area contributed by atoms with Gasteiger partial charge in [-0.2, -0.15) is 0 Å². The third kappa shape index (κ3) is 4.42. The Balaban J connectivity index is 1.48. The molecule has 0 bridgehead atoms. The fourth-order valence-corrected chi connectivity index (χ4v) is 3.44. The van der Waals surface area contributed by atoms with Crippen LogP contribution in [0.4, 0.5) is 21.5 Å². The number of nitrogens with one attached hydrogen (secondary N) is 2. The molecular weight excluding hydrogens is 449 g/mol. The predicted octanol–water partition coefficient (Wildman–Crippen LogP) is 4.52. The van der Waals surface area contributed by atoms with Crippen LogP contribution in [-0.2, 0) is 9.59 Å². The number of hydrogen-bond acceptors (Lipinski definition) is 5. The molecule has 0 saturated heterocycles. The Kier molecular flexibility index (Phi) is 6.10. The molecule has 9 heteroatoms. The first-order valence-electron chi connectivity index (χ1n) is 9.74. The van der Waals surface area contributed by atoms with Gasteiger partial charge < -0.3 is 15.4 Å². The molecule has 1 heterocycles. The molecule has 4 rings (SSSR count). The number of carbonyl (C=O) groups excluding carboxylic acids is 3. The Morgan fingerprint density at radius 1 is 0.939 bits per heavy atom. The van der Waals surface area contributed by atoms with Crippen LogP contribution in [-0.4, -0.2) is 24.8 Å². The third-order valence-corrected chi connectivity index (χ3v) is 5.23. The molecule has 166 valence electrons. The normalized spacial score (nSPS) is 13.4. The van der Waals surface area contributed by atoms with Crippen molar-refractivity contribution in [1.29, 1.82) is 0 Å². The van der Waals surface area contributed by atoms with Gasteiger partial charge in [0.05, 0.1) is 18.5 Å². The van der Waals surface area contributed by atoms with E-state index in [0.717, 1.165) is 17.0 Å². The van der Waals surface area contributed by atoms with Gasteiger partial charge in [-0.25, -0.2) is 9.29 Å². The van der Waals surface area contributed by atoms with E-state index in [9.17, 15) is 18.8 Å². The van der Waals surface area contributed by atoms with Crippen LogP contribution in [0.25, 0.3) is 0 Å². The summed E-state index contributed by atoms with van der Waals surface area (Å²) in [5.74, 6) is -1.71. The van der Waals surface area contributed by atoms with E-state index in [0.29, 0.717) is 22.7 Å². The van der Waals surface area contributed by atoms with Crippen LogP contribution in [0.2, 0.25) is 0 Å². The summed E-state index contributed by atoms with van der Waals surface area (Å²) < 4.78 is 18.4. The summed E-state index contributed by atoms with van der Waals surface area (Å²) in [6.07, 6.45) is 0. The number of nitrogens with zero attached hydrogens (tertiary/aromatic N) is 1. The van der Waals surface area contributed by atoms with Crippen molar-refractivity contribution in [2.24, 2.45) is 0 Å². The zero-order valence-electron chi connectivity index (χ0n) is 17.3. The average Bonchev–Trinajstić information content (AvgIpc) is 3.03. The Labute approximate surface area is 193 Å². The van der Waals surface area contributed by atoms with Crippen LogP contribution in [0, 0.1) is 5.82 Å². The molecule has 0 atom stereocenters. The lowest BCUT2D eigenvalue weighted by Crippen LogP contribution is -2.32. The topological polar surface area (TPSA) is 87.7 Å². The summed E-state index contributed by atoms with van der Waals surface area (Å²) in [5, 5.41) is 5.31. The van der Waals surface area contributed by atoms with Crippen molar-refractivity contribution < 1.29 is 23.5 Å². The van der Waals surface area contributed by atoms with Gasteiger partial charge in [-0.15, -0.1) is 0 Å². The summed E-state index contributed by atoms with van der Waals surface area (Å²) in [5.41, 5.74) is 1.43. The highest BCUT2D eigenvalue weighted by molar-refractivity contribution is 6.53. The van der Waals surface area contributed by atoms with Gasteiger partial charge in [0.25, 0.3) is 17.7 Å². The molecule has 1 aliphatic rings. The third-order valence-electron chi connectivity index (χ3n) is 4.88. The Morgan fingerprint density at radius 2 is 1.61 bits per heavy atom. The van der Waals surface area contributed by atoms with Gasteiger partial charge in [-0.3, -0.25) is 14.4 Å². The van der Waals surface area contributed by atoms with Gasteiger partial charge in [0.15, 0.2) is 0 Å². The first-order valence-corrected chi connectivity index (χ1v) is 10.1. The van der Waals surface area contributed by atoms with Crippen LogP contribution in [0.1, 0.15) is 10.4 Å². The number of methoxy groups -OCH3 is 1. The van der Waals surface area contributed by atoms with Crippen LogP contribution in [0.15, 0.2) is 83.5 Å². The zero-order valence-corrected chi connectivity index (χ0v) is 18.0. The van der Waals surface area contributed by atoms with Crippen LogP contribution in [0.3, 0.4) is 0 Å². The fourth-order valence-electron chi connectivity index (χ4n) is 3.23. The maximum absolute atomic E-state index is 13.2. The largest absolute Gasteiger partial charge is 0.495 e. The highest BCUT2D eigenvalue weighted by Crippen LogP contribution is 2.30. The molecule has 2 N–H and O–H groups in total. The van der Waals surface area contributed by atoms with Crippen molar-refractivity contribution in [2.45, 2.75) is 0 Å². The van der Waals surface area contributed by atoms with Gasteiger partial charge in [0.2, 0.25) is 0 Å². The van der Waals surface area contributed by atoms with Crippen molar-refractivity contribution in [3.63, 3.8) is 0 Å². The molecular formula is C24H17ClFN3O4. The number of para-hydroxylation sites is 2. The maximum Gasteiger partial charge on any atom is 0.283 e. The predicted molar refractivity (Wildman–Crippen MR) is 123 cm³/mol. The van der Waals surface area contributed by atoms with Crippen LogP contribution in [0.5, 0.6) is 5.75 Å². The number of benzene rings is 3. The minimum absolute atomic E-state index is 0.114. The number of anilines is 3. The molecule has 3 amide bonds. The van der Waals surface area contributed by atoms with E-state index in [4.69, 9.17) is 16.3 Å². The minimum atomic E-state index is -0.719. The number of imide groups is 1. The van der Waals surface area contributed by atoms with E-state index < -0.39 is 17.6 Å². The maximum atomic E-state index is 13.2. The summed E-state index contributed by atoms with van der Waals surface area (Å²) in [7, 11) is 1.51. The number of carbonyl (C=O) groups is 3. The first-order chi connectivity index (χ1) is 15.9. The number of rotatable bonds is 6. The van der Waals surface area contributed by atoms with Gasteiger partial charge in [0, 0.05) is 11.3 Å². The molecule has 7 nitrogen and oxygen atoms in total. The van der Waals surface area contributed by atoms with E-state index in [2.05, 4.69) is 10.6 Å². The molecule has 0 fully saturated rings. The monoisotopic (exact) mass is 465 g/mol. The van der Waals surface area contributed by atoms with Crippen molar-refractivity contribution in [3.05, 3.63) is 94.9 Å². The second kappa shape index (κ2) is 9.13. The highest BCUT2D eigenvalue weighted by Gasteiger charge is 2.38. The van der Waals surface area contributed by atoms with E-state index in [1.54, 1.807) is 48.5 Å². The molecule has 3 aromatic carbocycles. The molecule has 0 aromatic heterocycles. The second-order valence-corrected chi connectivity index (χ2v) is 7.35.